The Morgan fingerprint density at radius 3 is 1.94 bits per heavy atom. The van der Waals surface area contributed by atoms with Gasteiger partial charge in [0.05, 0.1) is 11.5 Å². The number of hydrogen-bond acceptors (Lipinski definition) is 2. The molecule has 0 unspecified atom stereocenters. The summed E-state index contributed by atoms with van der Waals surface area (Å²) in [5.74, 6) is 0. The lowest BCUT2D eigenvalue weighted by Gasteiger charge is -2.32. The van der Waals surface area contributed by atoms with E-state index < -0.39 is 0 Å². The van der Waals surface area contributed by atoms with Gasteiger partial charge in [-0.25, -0.2) is 0 Å². The maximum absolute atomic E-state index is 8.93. The topological polar surface area (TPSA) is 35.8 Å². The van der Waals surface area contributed by atoms with Crippen molar-refractivity contribution in [1.82, 2.24) is 5.32 Å². The van der Waals surface area contributed by atoms with E-state index in [-0.39, 0.29) is 5.41 Å². The number of nitrogens with zero attached hydrogens (tertiary/aromatic N) is 1. The first-order chi connectivity index (χ1) is 7.95. The molecule has 0 saturated carbocycles. The zero-order valence-electron chi connectivity index (χ0n) is 12.4. The fourth-order valence-electron chi connectivity index (χ4n) is 2.23. The normalized spacial score (nSPS) is 12.5. The van der Waals surface area contributed by atoms with Crippen LogP contribution in [0.4, 0.5) is 0 Å². The van der Waals surface area contributed by atoms with Crippen molar-refractivity contribution in [3.05, 3.63) is 0 Å². The van der Waals surface area contributed by atoms with Gasteiger partial charge in [0.1, 0.15) is 0 Å². The standard InChI is InChI=1S/C15H30N2/c1-6-15(7-2,8-3)17-12-10-9-11-14(4,5)13-16/h17H,6-12H2,1-5H3. The van der Waals surface area contributed by atoms with Crippen molar-refractivity contribution in [3.63, 3.8) is 0 Å². The van der Waals surface area contributed by atoms with Crippen LogP contribution in [0.15, 0.2) is 0 Å². The van der Waals surface area contributed by atoms with Gasteiger partial charge in [0.15, 0.2) is 0 Å². The molecular weight excluding hydrogens is 208 g/mol. The Kier molecular flexibility index (Phi) is 7.46. The highest BCUT2D eigenvalue weighted by atomic mass is 15.0. The van der Waals surface area contributed by atoms with Crippen molar-refractivity contribution in [2.75, 3.05) is 6.54 Å². The largest absolute Gasteiger partial charge is 0.311 e. The van der Waals surface area contributed by atoms with Gasteiger partial charge < -0.3 is 5.32 Å². The molecule has 0 aliphatic heterocycles. The monoisotopic (exact) mass is 238 g/mol. The van der Waals surface area contributed by atoms with E-state index in [1.54, 1.807) is 0 Å². The molecule has 0 amide bonds. The Labute approximate surface area is 108 Å². The predicted octanol–water partition coefficient (Wildman–Crippen LogP) is 4.26. The summed E-state index contributed by atoms with van der Waals surface area (Å²) >= 11 is 0. The molecule has 17 heavy (non-hydrogen) atoms. The summed E-state index contributed by atoms with van der Waals surface area (Å²) in [4.78, 5) is 0. The highest BCUT2D eigenvalue weighted by molar-refractivity contribution is 4.91. The molecule has 0 aliphatic rings. The van der Waals surface area contributed by atoms with Gasteiger partial charge in [-0.3, -0.25) is 0 Å². The van der Waals surface area contributed by atoms with Gasteiger partial charge >= 0.3 is 0 Å². The average Bonchev–Trinajstić information content (AvgIpc) is 2.34. The molecule has 0 rings (SSSR count). The van der Waals surface area contributed by atoms with E-state index in [1.807, 2.05) is 13.8 Å². The van der Waals surface area contributed by atoms with Crippen LogP contribution in [0.1, 0.15) is 73.1 Å². The lowest BCUT2D eigenvalue weighted by Crippen LogP contribution is -2.44. The van der Waals surface area contributed by atoms with Gasteiger partial charge in [0, 0.05) is 5.54 Å². The fraction of sp³-hybridized carbons (Fsp3) is 0.933. The maximum atomic E-state index is 8.93. The van der Waals surface area contributed by atoms with E-state index in [0.717, 1.165) is 19.4 Å². The van der Waals surface area contributed by atoms with E-state index in [0.29, 0.717) is 5.54 Å². The van der Waals surface area contributed by atoms with Crippen LogP contribution < -0.4 is 5.32 Å². The Morgan fingerprint density at radius 2 is 1.53 bits per heavy atom. The second-order valence-corrected chi connectivity index (χ2v) is 5.72. The minimum atomic E-state index is -0.155. The first kappa shape index (κ1) is 16.4. The summed E-state index contributed by atoms with van der Waals surface area (Å²) in [5.41, 5.74) is 0.183. The van der Waals surface area contributed by atoms with Gasteiger partial charge in [-0.15, -0.1) is 0 Å². The smallest absolute Gasteiger partial charge is 0.0683 e. The van der Waals surface area contributed by atoms with Gasteiger partial charge in [0.2, 0.25) is 0 Å². The SMILES string of the molecule is CCC(CC)(CC)NCCCCC(C)(C)C#N. The minimum absolute atomic E-state index is 0.155. The van der Waals surface area contributed by atoms with E-state index >= 15 is 0 Å². The molecule has 0 aromatic carbocycles. The average molecular weight is 238 g/mol. The van der Waals surface area contributed by atoms with Crippen molar-refractivity contribution in [2.24, 2.45) is 5.41 Å². The summed E-state index contributed by atoms with van der Waals surface area (Å²) in [6.45, 7) is 11.9. The number of nitrogens with one attached hydrogen (secondary N) is 1. The van der Waals surface area contributed by atoms with Crippen LogP contribution >= 0.6 is 0 Å². The number of unbranched alkanes of at least 4 members (excludes halogenated alkanes) is 1. The predicted molar refractivity (Wildman–Crippen MR) is 74.9 cm³/mol. The molecular formula is C15H30N2. The van der Waals surface area contributed by atoms with Gasteiger partial charge in [0.25, 0.3) is 0 Å². The Morgan fingerprint density at radius 1 is 1.00 bits per heavy atom. The lowest BCUT2D eigenvalue weighted by atomic mass is 9.88. The third-order valence-electron chi connectivity index (χ3n) is 4.06. The van der Waals surface area contributed by atoms with E-state index in [2.05, 4.69) is 32.2 Å². The fourth-order valence-corrected chi connectivity index (χ4v) is 2.23. The van der Waals surface area contributed by atoms with Gasteiger partial charge in [-0.2, -0.15) is 5.26 Å². The van der Waals surface area contributed by atoms with E-state index in [4.69, 9.17) is 5.26 Å². The van der Waals surface area contributed by atoms with Crippen LogP contribution in [0, 0.1) is 16.7 Å². The Bertz CT molecular complexity index is 226. The Hall–Kier alpha value is -0.550. The summed E-state index contributed by atoms with van der Waals surface area (Å²) in [6.07, 6.45) is 6.91. The molecule has 0 radical (unpaired) electrons. The van der Waals surface area contributed by atoms with Crippen LogP contribution in [0.25, 0.3) is 0 Å². The molecule has 0 aromatic heterocycles. The van der Waals surface area contributed by atoms with E-state index in [1.165, 1.54) is 25.7 Å². The van der Waals surface area contributed by atoms with Crippen LogP contribution in [-0.2, 0) is 0 Å². The van der Waals surface area contributed by atoms with E-state index in [9.17, 15) is 0 Å². The van der Waals surface area contributed by atoms with Crippen LogP contribution in [-0.4, -0.2) is 12.1 Å². The number of nitriles is 1. The molecule has 0 spiro atoms. The van der Waals surface area contributed by atoms with Gasteiger partial charge in [-0.1, -0.05) is 27.2 Å². The highest BCUT2D eigenvalue weighted by Gasteiger charge is 2.22. The van der Waals surface area contributed by atoms with Crippen molar-refractivity contribution >= 4 is 0 Å². The maximum Gasteiger partial charge on any atom is 0.0683 e. The van der Waals surface area contributed by atoms with Crippen molar-refractivity contribution in [2.45, 2.75) is 78.7 Å². The summed E-state index contributed by atoms with van der Waals surface area (Å²) < 4.78 is 0. The number of hydrogen-bond donors (Lipinski definition) is 1. The van der Waals surface area contributed by atoms with Crippen LogP contribution in [0.3, 0.4) is 0 Å². The molecule has 0 fully saturated rings. The molecule has 0 bridgehead atoms. The van der Waals surface area contributed by atoms with Crippen LogP contribution in [0.5, 0.6) is 0 Å². The van der Waals surface area contributed by atoms with Crippen molar-refractivity contribution < 1.29 is 0 Å². The summed E-state index contributed by atoms with van der Waals surface area (Å²) in [6, 6.07) is 2.36. The lowest BCUT2D eigenvalue weighted by molar-refractivity contribution is 0.285. The van der Waals surface area contributed by atoms with Crippen molar-refractivity contribution in [1.29, 1.82) is 5.26 Å². The minimum Gasteiger partial charge on any atom is -0.311 e. The summed E-state index contributed by atoms with van der Waals surface area (Å²) in [5, 5.41) is 12.6. The summed E-state index contributed by atoms with van der Waals surface area (Å²) in [7, 11) is 0. The second-order valence-electron chi connectivity index (χ2n) is 5.72. The molecule has 0 aromatic rings. The molecule has 0 saturated heterocycles. The zero-order valence-corrected chi connectivity index (χ0v) is 12.4. The zero-order chi connectivity index (χ0) is 13.4. The highest BCUT2D eigenvalue weighted by Crippen LogP contribution is 2.22. The van der Waals surface area contributed by atoms with Crippen LogP contribution in [0.2, 0.25) is 0 Å². The first-order valence-corrected chi connectivity index (χ1v) is 7.11. The third kappa shape index (κ3) is 6.07. The third-order valence-corrected chi connectivity index (χ3v) is 4.06. The Balaban J connectivity index is 3.81. The molecule has 1 N–H and O–H groups in total. The second kappa shape index (κ2) is 7.71. The molecule has 0 heterocycles. The van der Waals surface area contributed by atoms with Gasteiger partial charge in [-0.05, 0) is 52.5 Å². The molecule has 0 atom stereocenters. The molecule has 100 valence electrons. The number of rotatable bonds is 9. The quantitative estimate of drug-likeness (QED) is 0.609. The first-order valence-electron chi connectivity index (χ1n) is 7.11. The van der Waals surface area contributed by atoms with Crippen molar-refractivity contribution in [3.8, 4) is 6.07 Å². The molecule has 0 aliphatic carbocycles. The molecule has 2 heteroatoms. The molecule has 2 nitrogen and oxygen atoms in total.